The number of nitrogen functional groups attached to an aromatic ring is 1. The Hall–Kier alpha value is -1.68. The molecule has 0 saturated carbocycles. The zero-order chi connectivity index (χ0) is 8.10. The van der Waals surface area contributed by atoms with E-state index in [1.165, 1.54) is 0 Å². The molecule has 0 radical (unpaired) electrons. The Balaban J connectivity index is 3.03. The van der Waals surface area contributed by atoms with Crippen LogP contribution in [-0.2, 0) is 0 Å². The minimum atomic E-state index is 0.710. The van der Waals surface area contributed by atoms with Crippen LogP contribution in [0.15, 0.2) is 36.9 Å². The van der Waals surface area contributed by atoms with Gasteiger partial charge in [0.05, 0.1) is 0 Å². The third-order valence-electron chi connectivity index (χ3n) is 1.27. The summed E-state index contributed by atoms with van der Waals surface area (Å²) in [6.45, 7) is 3.49. The van der Waals surface area contributed by atoms with Crippen molar-refractivity contribution in [1.29, 1.82) is 0 Å². The number of allylic oxidation sites excluding steroid dienone is 1. The van der Waals surface area contributed by atoms with E-state index in [0.29, 0.717) is 5.69 Å². The van der Waals surface area contributed by atoms with E-state index in [9.17, 15) is 0 Å². The van der Waals surface area contributed by atoms with Gasteiger partial charge in [-0.2, -0.15) is 0 Å². The van der Waals surface area contributed by atoms with Crippen LogP contribution in [0.1, 0.15) is 5.56 Å². The molecule has 0 spiro atoms. The zero-order valence-corrected chi connectivity index (χ0v) is 6.17. The summed E-state index contributed by atoms with van der Waals surface area (Å²) in [6.07, 6.45) is 1.55. The summed E-state index contributed by atoms with van der Waals surface area (Å²) in [4.78, 5) is 0. The standard InChI is InChI=1S/C10H9N/c1-2-3-6-9-7-4-5-8-10(9)11/h2,4-5,7-8H,1,11H2. The first-order chi connectivity index (χ1) is 5.34. The number of hydrogen-bond acceptors (Lipinski definition) is 1. The fraction of sp³-hybridized carbons (Fsp3) is 0. The highest BCUT2D eigenvalue weighted by atomic mass is 14.5. The molecule has 0 amide bonds. The first-order valence-corrected chi connectivity index (χ1v) is 3.31. The summed E-state index contributed by atoms with van der Waals surface area (Å²) in [7, 11) is 0. The molecule has 0 aliphatic carbocycles. The lowest BCUT2D eigenvalue weighted by molar-refractivity contribution is 1.63. The van der Waals surface area contributed by atoms with Crippen LogP contribution >= 0.6 is 0 Å². The minimum absolute atomic E-state index is 0.710. The molecule has 0 bridgehead atoms. The molecule has 0 unspecified atom stereocenters. The van der Waals surface area contributed by atoms with Crippen molar-refractivity contribution in [1.82, 2.24) is 0 Å². The van der Waals surface area contributed by atoms with Gasteiger partial charge in [0.2, 0.25) is 0 Å². The Morgan fingerprint density at radius 2 is 2.09 bits per heavy atom. The van der Waals surface area contributed by atoms with Crippen LogP contribution in [0.2, 0.25) is 0 Å². The smallest absolute Gasteiger partial charge is 0.0478 e. The van der Waals surface area contributed by atoms with E-state index >= 15 is 0 Å². The van der Waals surface area contributed by atoms with E-state index in [1.54, 1.807) is 6.08 Å². The van der Waals surface area contributed by atoms with Gasteiger partial charge in [-0.05, 0) is 18.2 Å². The fourth-order valence-corrected chi connectivity index (χ4v) is 0.740. The number of hydrogen-bond donors (Lipinski definition) is 1. The second kappa shape index (κ2) is 3.48. The number of nitrogens with two attached hydrogens (primary N) is 1. The highest BCUT2D eigenvalue weighted by Gasteiger charge is 1.89. The van der Waals surface area contributed by atoms with E-state index in [4.69, 9.17) is 5.73 Å². The molecule has 11 heavy (non-hydrogen) atoms. The SMILES string of the molecule is C=CC#Cc1ccccc1N. The third-order valence-corrected chi connectivity index (χ3v) is 1.27. The van der Waals surface area contributed by atoms with Crippen molar-refractivity contribution in [2.75, 3.05) is 5.73 Å². The molecule has 1 heteroatoms. The van der Waals surface area contributed by atoms with Crippen molar-refractivity contribution in [3.05, 3.63) is 42.5 Å². The minimum Gasteiger partial charge on any atom is -0.398 e. The molecule has 0 fully saturated rings. The lowest BCUT2D eigenvalue weighted by atomic mass is 10.2. The third kappa shape index (κ3) is 1.87. The maximum absolute atomic E-state index is 5.62. The van der Waals surface area contributed by atoms with Crippen molar-refractivity contribution >= 4 is 5.69 Å². The molecule has 0 aliphatic rings. The Labute approximate surface area is 66.5 Å². The van der Waals surface area contributed by atoms with E-state index in [1.807, 2.05) is 24.3 Å². The highest BCUT2D eigenvalue weighted by Crippen LogP contribution is 2.07. The predicted octanol–water partition coefficient (Wildman–Crippen LogP) is 1.81. The maximum Gasteiger partial charge on any atom is 0.0478 e. The number of para-hydroxylation sites is 1. The van der Waals surface area contributed by atoms with Crippen LogP contribution in [-0.4, -0.2) is 0 Å². The van der Waals surface area contributed by atoms with Crippen LogP contribution < -0.4 is 5.73 Å². The average molecular weight is 143 g/mol. The second-order valence-corrected chi connectivity index (χ2v) is 2.06. The summed E-state index contributed by atoms with van der Waals surface area (Å²) >= 11 is 0. The van der Waals surface area contributed by atoms with Gasteiger partial charge in [-0.25, -0.2) is 0 Å². The molecule has 0 aliphatic heterocycles. The van der Waals surface area contributed by atoms with Gasteiger partial charge in [0.25, 0.3) is 0 Å². The van der Waals surface area contributed by atoms with Crippen LogP contribution in [0.25, 0.3) is 0 Å². The summed E-state index contributed by atoms with van der Waals surface area (Å²) in [5.74, 6) is 5.61. The maximum atomic E-state index is 5.62. The predicted molar refractivity (Wildman–Crippen MR) is 47.9 cm³/mol. The molecular formula is C10H9N. The largest absolute Gasteiger partial charge is 0.398 e. The van der Waals surface area contributed by atoms with Crippen molar-refractivity contribution in [2.24, 2.45) is 0 Å². The first-order valence-electron chi connectivity index (χ1n) is 3.31. The van der Waals surface area contributed by atoms with Crippen molar-refractivity contribution < 1.29 is 0 Å². The van der Waals surface area contributed by atoms with Crippen LogP contribution in [0.3, 0.4) is 0 Å². The lowest BCUT2D eigenvalue weighted by Gasteiger charge is -1.93. The molecule has 0 saturated heterocycles. The second-order valence-electron chi connectivity index (χ2n) is 2.06. The molecule has 1 nitrogen and oxygen atoms in total. The van der Waals surface area contributed by atoms with Gasteiger partial charge in [0.15, 0.2) is 0 Å². The van der Waals surface area contributed by atoms with Gasteiger partial charge >= 0.3 is 0 Å². The molecule has 1 rings (SSSR count). The van der Waals surface area contributed by atoms with Crippen LogP contribution in [0, 0.1) is 11.8 Å². The molecule has 1 aromatic rings. The molecule has 1 aromatic carbocycles. The van der Waals surface area contributed by atoms with Crippen molar-refractivity contribution in [3.63, 3.8) is 0 Å². The normalized spacial score (nSPS) is 8.00. The molecule has 0 atom stereocenters. The summed E-state index contributed by atoms with van der Waals surface area (Å²) in [5, 5.41) is 0. The lowest BCUT2D eigenvalue weighted by Crippen LogP contribution is -1.87. The molecular weight excluding hydrogens is 134 g/mol. The van der Waals surface area contributed by atoms with Gasteiger partial charge in [0, 0.05) is 11.3 Å². The Kier molecular flexibility index (Phi) is 2.35. The van der Waals surface area contributed by atoms with Gasteiger partial charge in [-0.3, -0.25) is 0 Å². The van der Waals surface area contributed by atoms with Gasteiger partial charge in [-0.15, -0.1) is 0 Å². The van der Waals surface area contributed by atoms with E-state index in [2.05, 4.69) is 18.4 Å². The summed E-state index contributed by atoms with van der Waals surface area (Å²) in [5.41, 5.74) is 7.19. The molecule has 2 N–H and O–H groups in total. The molecule has 0 aromatic heterocycles. The Morgan fingerprint density at radius 3 is 2.73 bits per heavy atom. The highest BCUT2D eigenvalue weighted by molar-refractivity contribution is 5.55. The fourth-order valence-electron chi connectivity index (χ4n) is 0.740. The van der Waals surface area contributed by atoms with Crippen LogP contribution in [0.5, 0.6) is 0 Å². The number of rotatable bonds is 0. The first kappa shape index (κ1) is 7.43. The summed E-state index contributed by atoms with van der Waals surface area (Å²) < 4.78 is 0. The van der Waals surface area contributed by atoms with E-state index in [-0.39, 0.29) is 0 Å². The van der Waals surface area contributed by atoms with Crippen molar-refractivity contribution in [3.8, 4) is 11.8 Å². The van der Waals surface area contributed by atoms with E-state index < -0.39 is 0 Å². The van der Waals surface area contributed by atoms with Gasteiger partial charge in [-0.1, -0.05) is 30.6 Å². The average Bonchev–Trinajstić information content (AvgIpc) is 2.03. The monoisotopic (exact) mass is 143 g/mol. The number of anilines is 1. The Morgan fingerprint density at radius 1 is 1.36 bits per heavy atom. The topological polar surface area (TPSA) is 26.0 Å². The summed E-state index contributed by atoms with van der Waals surface area (Å²) in [6, 6.07) is 7.50. The van der Waals surface area contributed by atoms with Crippen molar-refractivity contribution in [2.45, 2.75) is 0 Å². The molecule has 0 heterocycles. The molecule has 54 valence electrons. The van der Waals surface area contributed by atoms with E-state index in [0.717, 1.165) is 5.56 Å². The number of benzene rings is 1. The zero-order valence-electron chi connectivity index (χ0n) is 6.17. The quantitative estimate of drug-likeness (QED) is 0.435. The Bertz CT molecular complexity index is 315. The van der Waals surface area contributed by atoms with Crippen LogP contribution in [0.4, 0.5) is 5.69 Å². The van der Waals surface area contributed by atoms with Gasteiger partial charge < -0.3 is 5.73 Å². The van der Waals surface area contributed by atoms with Gasteiger partial charge in [0.1, 0.15) is 0 Å².